The Bertz CT molecular complexity index is 812. The minimum absolute atomic E-state index is 0.161. The number of carbonyl (C=O) groups is 1. The number of hydrogen-bond acceptors (Lipinski definition) is 6. The summed E-state index contributed by atoms with van der Waals surface area (Å²) in [5.74, 6) is 4.64. The normalized spacial score (nSPS) is 19.0. The lowest BCUT2D eigenvalue weighted by molar-refractivity contribution is -0.115. The molecule has 1 saturated heterocycles. The number of azo groups is 1. The molecule has 158 valence electrons. The topological polar surface area (TPSA) is 111 Å². The molecular formula is C20H32BN5O3. The van der Waals surface area contributed by atoms with Gasteiger partial charge >= 0.3 is 7.12 Å². The molecule has 1 fully saturated rings. The molecule has 0 bridgehead atoms. The minimum Gasteiger partial charge on any atom is -0.399 e. The molecule has 1 aromatic rings. The van der Waals surface area contributed by atoms with E-state index in [-0.39, 0.29) is 5.84 Å². The van der Waals surface area contributed by atoms with Crippen molar-refractivity contribution in [3.8, 4) is 0 Å². The number of hydrazone groups is 1. The number of nitrogens with zero attached hydrogens (tertiary/aromatic N) is 3. The number of rotatable bonds is 3. The molecule has 2 rings (SSSR count). The van der Waals surface area contributed by atoms with Gasteiger partial charge in [0.1, 0.15) is 0 Å². The Balaban J connectivity index is 2.05. The number of aryl methyl sites for hydroxylation is 1. The van der Waals surface area contributed by atoms with Gasteiger partial charge in [0.15, 0.2) is 0 Å². The van der Waals surface area contributed by atoms with E-state index in [2.05, 4.69) is 20.6 Å². The van der Waals surface area contributed by atoms with Crippen LogP contribution in [0.4, 0.5) is 0 Å². The molecule has 1 aliphatic rings. The SMILES string of the molecule is Cc1cc(B2OC(C)(C)C(C)(C)O2)ccc1CNC(=O)/C(N=NC(C)(C)C)=N/N. The summed E-state index contributed by atoms with van der Waals surface area (Å²) >= 11 is 0. The first-order chi connectivity index (χ1) is 13.3. The van der Waals surface area contributed by atoms with Crippen molar-refractivity contribution in [1.29, 1.82) is 0 Å². The smallest absolute Gasteiger partial charge is 0.399 e. The molecule has 0 aliphatic carbocycles. The van der Waals surface area contributed by atoms with Crippen molar-refractivity contribution >= 4 is 24.3 Å². The molecule has 1 aromatic carbocycles. The highest BCUT2D eigenvalue weighted by Gasteiger charge is 2.51. The first-order valence-corrected chi connectivity index (χ1v) is 9.70. The summed E-state index contributed by atoms with van der Waals surface area (Å²) in [6.07, 6.45) is 0. The van der Waals surface area contributed by atoms with Crippen LogP contribution in [0.3, 0.4) is 0 Å². The third-order valence-corrected chi connectivity index (χ3v) is 5.10. The zero-order valence-electron chi connectivity index (χ0n) is 18.7. The van der Waals surface area contributed by atoms with Crippen molar-refractivity contribution in [2.45, 2.75) is 78.7 Å². The molecular weight excluding hydrogens is 369 g/mol. The highest BCUT2D eigenvalue weighted by molar-refractivity contribution is 6.62. The monoisotopic (exact) mass is 401 g/mol. The van der Waals surface area contributed by atoms with Crippen LogP contribution in [0.1, 0.15) is 59.6 Å². The van der Waals surface area contributed by atoms with E-state index in [9.17, 15) is 4.79 Å². The lowest BCUT2D eigenvalue weighted by Crippen LogP contribution is -2.41. The van der Waals surface area contributed by atoms with Gasteiger partial charge in [-0.1, -0.05) is 18.2 Å². The standard InChI is InChI=1S/C20H32BN5O3/c1-13-11-15(21-28-19(5,6)20(7,8)29-21)10-9-14(13)12-23-17(27)16(24-22)25-26-18(2,3)4/h9-11H,12,22H2,1-8H3,(H,23,27)/b24-16-,26-25?. The molecule has 0 aromatic heterocycles. The molecule has 29 heavy (non-hydrogen) atoms. The van der Waals surface area contributed by atoms with Crippen LogP contribution in [0.15, 0.2) is 33.5 Å². The molecule has 0 spiro atoms. The summed E-state index contributed by atoms with van der Waals surface area (Å²) in [4.78, 5) is 12.3. The molecule has 9 heteroatoms. The van der Waals surface area contributed by atoms with Crippen LogP contribution in [0.5, 0.6) is 0 Å². The predicted octanol–water partition coefficient (Wildman–Crippen LogP) is 2.43. The van der Waals surface area contributed by atoms with Gasteiger partial charge in [-0.3, -0.25) is 4.79 Å². The third-order valence-electron chi connectivity index (χ3n) is 5.10. The quantitative estimate of drug-likeness (QED) is 0.202. The van der Waals surface area contributed by atoms with Crippen LogP contribution >= 0.6 is 0 Å². The van der Waals surface area contributed by atoms with E-state index in [0.717, 1.165) is 16.6 Å². The molecule has 0 radical (unpaired) electrons. The Morgan fingerprint density at radius 2 is 1.76 bits per heavy atom. The largest absolute Gasteiger partial charge is 0.494 e. The first kappa shape index (κ1) is 23.0. The highest BCUT2D eigenvalue weighted by atomic mass is 16.7. The fraction of sp³-hybridized carbons (Fsp3) is 0.600. The summed E-state index contributed by atoms with van der Waals surface area (Å²) < 4.78 is 12.2. The van der Waals surface area contributed by atoms with Gasteiger partial charge in [-0.05, 0) is 72.0 Å². The summed E-state index contributed by atoms with van der Waals surface area (Å²) in [5, 5.41) is 14.1. The van der Waals surface area contributed by atoms with Gasteiger partial charge in [0, 0.05) is 6.54 Å². The summed E-state index contributed by atoms with van der Waals surface area (Å²) in [6.45, 7) is 16.0. The van der Waals surface area contributed by atoms with Gasteiger partial charge in [-0.25, -0.2) is 0 Å². The van der Waals surface area contributed by atoms with E-state index in [1.54, 1.807) is 0 Å². The lowest BCUT2D eigenvalue weighted by atomic mass is 9.78. The number of carbonyl (C=O) groups excluding carboxylic acids is 1. The van der Waals surface area contributed by atoms with Crippen molar-refractivity contribution in [2.75, 3.05) is 0 Å². The van der Waals surface area contributed by atoms with Crippen LogP contribution in [-0.2, 0) is 20.6 Å². The van der Waals surface area contributed by atoms with E-state index in [1.807, 2.05) is 73.6 Å². The van der Waals surface area contributed by atoms with Crippen LogP contribution in [-0.4, -0.2) is 35.6 Å². The van der Waals surface area contributed by atoms with E-state index in [4.69, 9.17) is 15.2 Å². The predicted molar refractivity (Wildman–Crippen MR) is 115 cm³/mol. The molecule has 1 aliphatic heterocycles. The van der Waals surface area contributed by atoms with Crippen molar-refractivity contribution in [1.82, 2.24) is 5.32 Å². The number of benzene rings is 1. The number of nitrogens with two attached hydrogens (primary N) is 1. The number of nitrogens with one attached hydrogen (secondary N) is 1. The van der Waals surface area contributed by atoms with Crippen molar-refractivity contribution < 1.29 is 14.1 Å². The van der Waals surface area contributed by atoms with Crippen molar-refractivity contribution in [3.63, 3.8) is 0 Å². The maximum absolute atomic E-state index is 12.3. The minimum atomic E-state index is -0.477. The maximum Gasteiger partial charge on any atom is 0.494 e. The zero-order chi connectivity index (χ0) is 22.0. The number of amidine groups is 1. The second-order valence-electron chi connectivity index (χ2n) is 9.28. The average Bonchev–Trinajstić information content (AvgIpc) is 2.81. The van der Waals surface area contributed by atoms with Crippen LogP contribution in [0.25, 0.3) is 0 Å². The fourth-order valence-corrected chi connectivity index (χ4v) is 2.62. The van der Waals surface area contributed by atoms with Gasteiger partial charge in [0.2, 0.25) is 0 Å². The van der Waals surface area contributed by atoms with Crippen molar-refractivity contribution in [3.05, 3.63) is 29.3 Å². The summed E-state index contributed by atoms with van der Waals surface area (Å²) in [5.41, 5.74) is 1.72. The van der Waals surface area contributed by atoms with E-state index >= 15 is 0 Å². The van der Waals surface area contributed by atoms with Gasteiger partial charge < -0.3 is 20.5 Å². The first-order valence-electron chi connectivity index (χ1n) is 9.70. The maximum atomic E-state index is 12.3. The Morgan fingerprint density at radius 3 is 2.24 bits per heavy atom. The van der Waals surface area contributed by atoms with Gasteiger partial charge in [-0.15, -0.1) is 5.11 Å². The van der Waals surface area contributed by atoms with E-state index < -0.39 is 29.8 Å². The molecule has 0 saturated carbocycles. The Morgan fingerprint density at radius 1 is 1.17 bits per heavy atom. The van der Waals surface area contributed by atoms with Crippen LogP contribution in [0, 0.1) is 6.92 Å². The molecule has 1 heterocycles. The highest BCUT2D eigenvalue weighted by Crippen LogP contribution is 2.36. The Labute approximate surface area is 173 Å². The van der Waals surface area contributed by atoms with Gasteiger partial charge in [0.05, 0.1) is 16.7 Å². The molecule has 0 atom stereocenters. The molecule has 0 unspecified atom stereocenters. The summed E-state index contributed by atoms with van der Waals surface area (Å²) in [7, 11) is -0.420. The van der Waals surface area contributed by atoms with Gasteiger partial charge in [-0.2, -0.15) is 10.2 Å². The Kier molecular flexibility index (Phi) is 6.54. The number of hydrogen-bond donors (Lipinski definition) is 2. The fourth-order valence-electron chi connectivity index (χ4n) is 2.62. The van der Waals surface area contributed by atoms with E-state index in [1.165, 1.54) is 0 Å². The van der Waals surface area contributed by atoms with Gasteiger partial charge in [0.25, 0.3) is 11.7 Å². The Hall–Kier alpha value is -2.26. The summed E-state index contributed by atoms with van der Waals surface area (Å²) in [6, 6.07) is 5.92. The second kappa shape index (κ2) is 8.24. The van der Waals surface area contributed by atoms with Crippen molar-refractivity contribution in [2.24, 2.45) is 21.2 Å². The second-order valence-corrected chi connectivity index (χ2v) is 9.28. The third kappa shape index (κ3) is 5.64. The average molecular weight is 401 g/mol. The zero-order valence-corrected chi connectivity index (χ0v) is 18.7. The van der Waals surface area contributed by atoms with E-state index in [0.29, 0.717) is 6.54 Å². The lowest BCUT2D eigenvalue weighted by Gasteiger charge is -2.32. The van der Waals surface area contributed by atoms with Crippen LogP contribution in [0.2, 0.25) is 0 Å². The molecule has 1 amide bonds. The molecule has 3 N–H and O–H groups in total. The number of amides is 1. The van der Waals surface area contributed by atoms with Crippen LogP contribution < -0.4 is 16.6 Å². The molecule has 8 nitrogen and oxygen atoms in total.